The number of nitrogens with zero attached hydrogens (tertiary/aromatic N) is 1. The number of rotatable bonds is 9. The van der Waals surface area contributed by atoms with Crippen molar-refractivity contribution in [3.8, 4) is 0 Å². The Morgan fingerprint density at radius 3 is 2.56 bits per heavy atom. The summed E-state index contributed by atoms with van der Waals surface area (Å²) < 4.78 is 0. The van der Waals surface area contributed by atoms with Crippen molar-refractivity contribution in [3.63, 3.8) is 0 Å². The number of carbonyl (C=O) groups is 1. The normalized spacial score (nSPS) is 19.6. The highest BCUT2D eigenvalue weighted by molar-refractivity contribution is 5.77. The lowest BCUT2D eigenvalue weighted by Crippen LogP contribution is -2.44. The van der Waals surface area contributed by atoms with E-state index in [2.05, 4.69) is 11.8 Å². The molecule has 1 atom stereocenters. The SMILES string of the molecule is CCN(CCCCC(C)(N)C(=O)O)CC1CCC1. The lowest BCUT2D eigenvalue weighted by atomic mass is 9.85. The Morgan fingerprint density at radius 2 is 2.11 bits per heavy atom. The summed E-state index contributed by atoms with van der Waals surface area (Å²) in [5.74, 6) is 0.00746. The summed E-state index contributed by atoms with van der Waals surface area (Å²) in [6, 6.07) is 0. The van der Waals surface area contributed by atoms with E-state index in [1.165, 1.54) is 25.8 Å². The van der Waals surface area contributed by atoms with Gasteiger partial charge in [0.15, 0.2) is 0 Å². The third-order valence-electron chi connectivity index (χ3n) is 4.10. The van der Waals surface area contributed by atoms with Crippen molar-refractivity contribution in [2.24, 2.45) is 11.7 Å². The number of hydrogen-bond acceptors (Lipinski definition) is 3. The molecular weight excluding hydrogens is 228 g/mol. The Morgan fingerprint density at radius 1 is 1.44 bits per heavy atom. The Bertz CT molecular complexity index is 263. The fourth-order valence-corrected chi connectivity index (χ4v) is 2.35. The van der Waals surface area contributed by atoms with Crippen LogP contribution in [0, 0.1) is 5.92 Å². The van der Waals surface area contributed by atoms with E-state index in [0.717, 1.165) is 31.8 Å². The van der Waals surface area contributed by atoms with Crippen molar-refractivity contribution in [1.29, 1.82) is 0 Å². The molecule has 1 fully saturated rings. The molecule has 3 N–H and O–H groups in total. The molecule has 0 bridgehead atoms. The zero-order chi connectivity index (χ0) is 13.6. The Hall–Kier alpha value is -0.610. The molecule has 0 aromatic carbocycles. The van der Waals surface area contributed by atoms with E-state index < -0.39 is 11.5 Å². The molecule has 1 rings (SSSR count). The second kappa shape index (κ2) is 7.10. The molecule has 0 aliphatic heterocycles. The first-order valence-corrected chi connectivity index (χ1v) is 7.20. The average Bonchev–Trinajstić information content (AvgIpc) is 2.25. The van der Waals surface area contributed by atoms with Gasteiger partial charge < -0.3 is 15.7 Å². The Kier molecular flexibility index (Phi) is 6.09. The first-order chi connectivity index (χ1) is 8.45. The molecule has 4 nitrogen and oxygen atoms in total. The quantitative estimate of drug-likeness (QED) is 0.620. The van der Waals surface area contributed by atoms with E-state index >= 15 is 0 Å². The lowest BCUT2D eigenvalue weighted by molar-refractivity contribution is -0.142. The van der Waals surface area contributed by atoms with Gasteiger partial charge in [-0.05, 0) is 58.0 Å². The summed E-state index contributed by atoms with van der Waals surface area (Å²) in [4.78, 5) is 13.3. The molecule has 0 spiro atoms. The van der Waals surface area contributed by atoms with Crippen LogP contribution in [0.1, 0.15) is 52.4 Å². The maximum atomic E-state index is 10.9. The molecule has 1 aliphatic carbocycles. The molecule has 0 radical (unpaired) electrons. The standard InChI is InChI=1S/C14H28N2O2/c1-3-16(11-12-7-6-8-12)10-5-4-9-14(2,15)13(17)18/h12H,3-11,15H2,1-2H3,(H,17,18). The summed E-state index contributed by atoms with van der Waals surface area (Å²) in [6.45, 7) is 7.18. The van der Waals surface area contributed by atoms with Gasteiger partial charge in [-0.15, -0.1) is 0 Å². The zero-order valence-electron chi connectivity index (χ0n) is 11.8. The second-order valence-electron chi connectivity index (χ2n) is 5.87. The molecule has 1 saturated carbocycles. The number of unbranched alkanes of at least 4 members (excludes halogenated alkanes) is 1. The molecule has 1 unspecified atom stereocenters. The van der Waals surface area contributed by atoms with Crippen LogP contribution in [0.2, 0.25) is 0 Å². The van der Waals surface area contributed by atoms with Gasteiger partial charge in [-0.3, -0.25) is 4.79 Å². The number of aliphatic carboxylic acids is 1. The van der Waals surface area contributed by atoms with E-state index in [-0.39, 0.29) is 0 Å². The van der Waals surface area contributed by atoms with Gasteiger partial charge in [-0.2, -0.15) is 0 Å². The highest BCUT2D eigenvalue weighted by atomic mass is 16.4. The lowest BCUT2D eigenvalue weighted by Gasteiger charge is -2.32. The van der Waals surface area contributed by atoms with Gasteiger partial charge in [-0.1, -0.05) is 13.3 Å². The molecule has 4 heteroatoms. The predicted molar refractivity (Wildman–Crippen MR) is 73.5 cm³/mol. The van der Waals surface area contributed by atoms with Crippen molar-refractivity contribution in [2.45, 2.75) is 57.9 Å². The maximum Gasteiger partial charge on any atom is 0.323 e. The van der Waals surface area contributed by atoms with Crippen LogP contribution >= 0.6 is 0 Å². The topological polar surface area (TPSA) is 66.6 Å². The minimum atomic E-state index is -1.06. The zero-order valence-corrected chi connectivity index (χ0v) is 11.8. The summed E-state index contributed by atoms with van der Waals surface area (Å²) in [5, 5.41) is 8.92. The van der Waals surface area contributed by atoms with Crippen LogP contribution in [0.25, 0.3) is 0 Å². The highest BCUT2D eigenvalue weighted by Gasteiger charge is 2.27. The third kappa shape index (κ3) is 4.94. The Balaban J connectivity index is 2.13. The van der Waals surface area contributed by atoms with Crippen LogP contribution in [0.3, 0.4) is 0 Å². The van der Waals surface area contributed by atoms with Gasteiger partial charge in [0, 0.05) is 6.54 Å². The van der Waals surface area contributed by atoms with Crippen molar-refractivity contribution in [3.05, 3.63) is 0 Å². The van der Waals surface area contributed by atoms with Crippen LogP contribution in [0.4, 0.5) is 0 Å². The number of hydrogen-bond donors (Lipinski definition) is 2. The van der Waals surface area contributed by atoms with Crippen molar-refractivity contribution in [2.75, 3.05) is 19.6 Å². The predicted octanol–water partition coefficient (Wildman–Crippen LogP) is 2.08. The average molecular weight is 256 g/mol. The van der Waals surface area contributed by atoms with E-state index in [9.17, 15) is 4.79 Å². The van der Waals surface area contributed by atoms with E-state index in [1.807, 2.05) is 0 Å². The summed E-state index contributed by atoms with van der Waals surface area (Å²) >= 11 is 0. The van der Waals surface area contributed by atoms with Crippen LogP contribution in [0.15, 0.2) is 0 Å². The van der Waals surface area contributed by atoms with Gasteiger partial charge in [0.2, 0.25) is 0 Å². The van der Waals surface area contributed by atoms with Gasteiger partial charge in [0.25, 0.3) is 0 Å². The number of carboxylic acid groups (broad SMARTS) is 1. The van der Waals surface area contributed by atoms with Crippen LogP contribution in [-0.2, 0) is 4.79 Å². The third-order valence-corrected chi connectivity index (χ3v) is 4.10. The smallest absolute Gasteiger partial charge is 0.323 e. The van der Waals surface area contributed by atoms with E-state index in [4.69, 9.17) is 10.8 Å². The summed E-state index contributed by atoms with van der Waals surface area (Å²) in [6.07, 6.45) is 6.66. The maximum absolute atomic E-state index is 10.9. The first kappa shape index (κ1) is 15.4. The minimum Gasteiger partial charge on any atom is -0.480 e. The minimum absolute atomic E-state index is 0.559. The molecule has 0 heterocycles. The molecule has 0 saturated heterocycles. The second-order valence-corrected chi connectivity index (χ2v) is 5.87. The van der Waals surface area contributed by atoms with Crippen LogP contribution < -0.4 is 5.73 Å². The molecule has 0 amide bonds. The van der Waals surface area contributed by atoms with Crippen molar-refractivity contribution in [1.82, 2.24) is 4.90 Å². The fraction of sp³-hybridized carbons (Fsp3) is 0.929. The van der Waals surface area contributed by atoms with Crippen LogP contribution in [-0.4, -0.2) is 41.1 Å². The monoisotopic (exact) mass is 256 g/mol. The number of nitrogens with two attached hydrogens (primary N) is 1. The molecule has 18 heavy (non-hydrogen) atoms. The van der Waals surface area contributed by atoms with Crippen LogP contribution in [0.5, 0.6) is 0 Å². The van der Waals surface area contributed by atoms with E-state index in [1.54, 1.807) is 6.92 Å². The molecule has 0 aromatic rings. The summed E-state index contributed by atoms with van der Waals surface area (Å²) in [5.41, 5.74) is 4.64. The molecular formula is C14H28N2O2. The fourth-order valence-electron chi connectivity index (χ4n) is 2.35. The van der Waals surface area contributed by atoms with Gasteiger partial charge in [-0.25, -0.2) is 0 Å². The van der Waals surface area contributed by atoms with Gasteiger partial charge in [0.05, 0.1) is 0 Å². The largest absolute Gasteiger partial charge is 0.480 e. The van der Waals surface area contributed by atoms with Crippen molar-refractivity contribution < 1.29 is 9.90 Å². The summed E-state index contributed by atoms with van der Waals surface area (Å²) in [7, 11) is 0. The van der Waals surface area contributed by atoms with Gasteiger partial charge in [0.1, 0.15) is 5.54 Å². The molecule has 1 aliphatic rings. The highest BCUT2D eigenvalue weighted by Crippen LogP contribution is 2.27. The number of carboxylic acids is 1. The molecule has 106 valence electrons. The first-order valence-electron chi connectivity index (χ1n) is 7.20. The van der Waals surface area contributed by atoms with E-state index in [0.29, 0.717) is 6.42 Å². The Labute approximate surface area is 111 Å². The molecule has 0 aromatic heterocycles. The van der Waals surface area contributed by atoms with Gasteiger partial charge >= 0.3 is 5.97 Å². The van der Waals surface area contributed by atoms with Crippen molar-refractivity contribution >= 4 is 5.97 Å².